The second kappa shape index (κ2) is 8.25. The van der Waals surface area contributed by atoms with Gasteiger partial charge in [-0.3, -0.25) is 9.78 Å². The number of nitrogens with zero attached hydrogens (tertiary/aromatic N) is 2. The summed E-state index contributed by atoms with van der Waals surface area (Å²) in [6.07, 6.45) is 9.78. The molecule has 1 amide bonds. The summed E-state index contributed by atoms with van der Waals surface area (Å²) in [5.41, 5.74) is 2.19. The molecular weight excluding hydrogens is 288 g/mol. The number of carbonyl (C=O) groups excluding carboxylic acids is 1. The number of aryl methyl sites for hydroxylation is 1. The van der Waals surface area contributed by atoms with Gasteiger partial charge in [-0.15, -0.1) is 0 Å². The van der Waals surface area contributed by atoms with Crippen molar-refractivity contribution in [2.24, 2.45) is 5.41 Å². The molecule has 4 nitrogen and oxygen atoms in total. The molecule has 1 unspecified atom stereocenters. The summed E-state index contributed by atoms with van der Waals surface area (Å²) in [4.78, 5) is 18.5. The highest BCUT2D eigenvalue weighted by molar-refractivity contribution is 5.76. The van der Waals surface area contributed by atoms with Crippen LogP contribution in [0.1, 0.15) is 45.1 Å². The van der Waals surface area contributed by atoms with Crippen molar-refractivity contribution in [3.8, 4) is 0 Å². The third-order valence-electron chi connectivity index (χ3n) is 4.64. The summed E-state index contributed by atoms with van der Waals surface area (Å²) in [5, 5.41) is 9.89. The third kappa shape index (κ3) is 5.17. The Bertz CT molecular complexity index is 538. The Morgan fingerprint density at radius 3 is 2.96 bits per heavy atom. The zero-order chi connectivity index (χ0) is 16.7. The average molecular weight is 316 g/mol. The van der Waals surface area contributed by atoms with E-state index in [2.05, 4.69) is 24.9 Å². The number of aliphatic hydroxyl groups is 1. The minimum absolute atomic E-state index is 0.142. The molecule has 0 spiro atoms. The van der Waals surface area contributed by atoms with E-state index in [4.69, 9.17) is 0 Å². The summed E-state index contributed by atoms with van der Waals surface area (Å²) in [5.74, 6) is 0.184. The molecule has 0 bridgehead atoms. The van der Waals surface area contributed by atoms with E-state index in [-0.39, 0.29) is 17.9 Å². The van der Waals surface area contributed by atoms with Crippen molar-refractivity contribution in [2.75, 3.05) is 19.7 Å². The predicted molar refractivity (Wildman–Crippen MR) is 91.9 cm³/mol. The summed E-state index contributed by atoms with van der Waals surface area (Å²) in [6.45, 7) is 5.76. The van der Waals surface area contributed by atoms with Gasteiger partial charge in [-0.2, -0.15) is 0 Å². The number of pyridine rings is 1. The summed E-state index contributed by atoms with van der Waals surface area (Å²) in [6, 6.07) is 3.90. The highest BCUT2D eigenvalue weighted by atomic mass is 16.3. The molecule has 1 N–H and O–H groups in total. The van der Waals surface area contributed by atoms with E-state index in [0.29, 0.717) is 13.0 Å². The first-order chi connectivity index (χ1) is 11.0. The van der Waals surface area contributed by atoms with Crippen molar-refractivity contribution in [2.45, 2.75) is 46.0 Å². The smallest absolute Gasteiger partial charge is 0.222 e. The van der Waals surface area contributed by atoms with Crippen LogP contribution in [0.2, 0.25) is 0 Å². The first kappa shape index (κ1) is 17.7. The maximum atomic E-state index is 12.5. The third-order valence-corrected chi connectivity index (χ3v) is 4.64. The average Bonchev–Trinajstić information content (AvgIpc) is 2.59. The molecule has 0 aromatic carbocycles. The highest BCUT2D eigenvalue weighted by Gasteiger charge is 2.35. The van der Waals surface area contributed by atoms with Crippen molar-refractivity contribution >= 4 is 5.91 Å². The normalized spacial score (nSPS) is 21.1. The minimum atomic E-state index is -0.167. The largest absolute Gasteiger partial charge is 0.396 e. The molecule has 2 rings (SSSR count). The lowest BCUT2D eigenvalue weighted by atomic mass is 9.77. The van der Waals surface area contributed by atoms with E-state index < -0.39 is 0 Å². The van der Waals surface area contributed by atoms with Crippen LogP contribution >= 0.6 is 0 Å². The number of hydrogen-bond donors (Lipinski definition) is 1. The van der Waals surface area contributed by atoms with Crippen LogP contribution in [-0.4, -0.2) is 40.6 Å². The molecule has 0 aliphatic carbocycles. The standard InChI is InChI=1S/C19H28N2O2/c1-16(2)8-10-19(15-22)9-4-12-21(14-19)18(23)7-6-17-5-3-11-20-13-17/h3,5,8,11,13,22H,4,6-7,9-10,12,14-15H2,1-2H3. The molecule has 126 valence electrons. The molecule has 1 aliphatic heterocycles. The van der Waals surface area contributed by atoms with Crippen LogP contribution in [-0.2, 0) is 11.2 Å². The van der Waals surface area contributed by atoms with Crippen LogP contribution in [0.25, 0.3) is 0 Å². The first-order valence-corrected chi connectivity index (χ1v) is 8.46. The molecule has 1 aliphatic rings. The molecule has 1 aromatic heterocycles. The number of piperidine rings is 1. The molecule has 1 saturated heterocycles. The van der Waals surface area contributed by atoms with Crippen LogP contribution in [0.4, 0.5) is 0 Å². The Labute approximate surface area is 139 Å². The van der Waals surface area contributed by atoms with Crippen LogP contribution in [0.3, 0.4) is 0 Å². The van der Waals surface area contributed by atoms with Crippen molar-refractivity contribution in [1.29, 1.82) is 0 Å². The summed E-state index contributed by atoms with van der Waals surface area (Å²) >= 11 is 0. The topological polar surface area (TPSA) is 53.4 Å². The summed E-state index contributed by atoms with van der Waals surface area (Å²) in [7, 11) is 0. The van der Waals surface area contributed by atoms with E-state index in [1.165, 1.54) is 5.57 Å². The molecule has 23 heavy (non-hydrogen) atoms. The predicted octanol–water partition coefficient (Wildman–Crippen LogP) is 2.97. The van der Waals surface area contributed by atoms with Gasteiger partial charge in [0.05, 0.1) is 6.61 Å². The molecule has 4 heteroatoms. The first-order valence-electron chi connectivity index (χ1n) is 8.46. The number of allylic oxidation sites excluding steroid dienone is 2. The van der Waals surface area contributed by atoms with Gasteiger partial charge in [-0.1, -0.05) is 17.7 Å². The Morgan fingerprint density at radius 2 is 2.30 bits per heavy atom. The molecule has 1 atom stereocenters. The number of carbonyl (C=O) groups is 1. The SMILES string of the molecule is CC(C)=CCC1(CO)CCCN(C(=O)CCc2cccnc2)C1. The van der Waals surface area contributed by atoms with E-state index in [9.17, 15) is 9.90 Å². The number of amides is 1. The van der Waals surface area contributed by atoms with Gasteiger partial charge < -0.3 is 10.0 Å². The zero-order valence-electron chi connectivity index (χ0n) is 14.3. The zero-order valence-corrected chi connectivity index (χ0v) is 14.3. The fourth-order valence-corrected chi connectivity index (χ4v) is 3.16. The quantitative estimate of drug-likeness (QED) is 0.821. The van der Waals surface area contributed by atoms with Crippen molar-refractivity contribution in [3.05, 3.63) is 41.7 Å². The van der Waals surface area contributed by atoms with E-state index in [0.717, 1.165) is 37.8 Å². The lowest BCUT2D eigenvalue weighted by Gasteiger charge is -2.41. The molecule has 1 fully saturated rings. The number of likely N-dealkylation sites (tertiary alicyclic amines) is 1. The van der Waals surface area contributed by atoms with Crippen molar-refractivity contribution in [3.63, 3.8) is 0 Å². The van der Waals surface area contributed by atoms with Crippen LogP contribution in [0.5, 0.6) is 0 Å². The number of aliphatic hydroxyl groups excluding tert-OH is 1. The van der Waals surface area contributed by atoms with Gasteiger partial charge in [0, 0.05) is 37.3 Å². The maximum Gasteiger partial charge on any atom is 0.222 e. The van der Waals surface area contributed by atoms with Crippen LogP contribution < -0.4 is 0 Å². The fraction of sp³-hybridized carbons (Fsp3) is 0.579. The molecular formula is C19H28N2O2. The second-order valence-electron chi connectivity index (χ2n) is 6.92. The minimum Gasteiger partial charge on any atom is -0.396 e. The van der Waals surface area contributed by atoms with Gasteiger partial charge in [0.2, 0.25) is 5.91 Å². The van der Waals surface area contributed by atoms with Gasteiger partial charge in [-0.25, -0.2) is 0 Å². The van der Waals surface area contributed by atoms with E-state index in [1.807, 2.05) is 23.2 Å². The van der Waals surface area contributed by atoms with Gasteiger partial charge in [0.1, 0.15) is 0 Å². The van der Waals surface area contributed by atoms with E-state index >= 15 is 0 Å². The molecule has 2 heterocycles. The monoisotopic (exact) mass is 316 g/mol. The molecule has 1 aromatic rings. The number of rotatable bonds is 6. The van der Waals surface area contributed by atoms with Crippen molar-refractivity contribution in [1.82, 2.24) is 9.88 Å². The van der Waals surface area contributed by atoms with Gasteiger partial charge in [0.15, 0.2) is 0 Å². The van der Waals surface area contributed by atoms with Crippen LogP contribution in [0.15, 0.2) is 36.2 Å². The highest BCUT2D eigenvalue weighted by Crippen LogP contribution is 2.34. The Hall–Kier alpha value is -1.68. The lowest BCUT2D eigenvalue weighted by Crippen LogP contribution is -2.47. The number of aromatic nitrogens is 1. The van der Waals surface area contributed by atoms with E-state index in [1.54, 1.807) is 6.20 Å². The van der Waals surface area contributed by atoms with Crippen LogP contribution in [0, 0.1) is 5.41 Å². The lowest BCUT2D eigenvalue weighted by molar-refractivity contribution is -0.135. The van der Waals surface area contributed by atoms with Crippen molar-refractivity contribution < 1.29 is 9.90 Å². The number of hydrogen-bond acceptors (Lipinski definition) is 3. The Kier molecular flexibility index (Phi) is 6.34. The van der Waals surface area contributed by atoms with Gasteiger partial charge in [0.25, 0.3) is 0 Å². The van der Waals surface area contributed by atoms with Gasteiger partial charge in [-0.05, 0) is 51.2 Å². The molecule has 0 radical (unpaired) electrons. The van der Waals surface area contributed by atoms with Gasteiger partial charge >= 0.3 is 0 Å². The Balaban J connectivity index is 1.93. The maximum absolute atomic E-state index is 12.5. The second-order valence-corrected chi connectivity index (χ2v) is 6.92. The fourth-order valence-electron chi connectivity index (χ4n) is 3.16. The molecule has 0 saturated carbocycles. The summed E-state index contributed by atoms with van der Waals surface area (Å²) < 4.78 is 0. The Morgan fingerprint density at radius 1 is 1.48 bits per heavy atom.